The standard InChI is InChI=1S/C21H24N2O2S/c1-26-20-12-6-5-11-18(20)22-21(25)23-13-7-10-17(15-23)19(24)14-16-8-3-2-4-9-16/h2-6,8-9,11-12,17H,7,10,13-15H2,1H3,(H,22,25). The number of urea groups is 1. The molecule has 0 aliphatic carbocycles. The second-order valence-corrected chi connectivity index (χ2v) is 7.39. The largest absolute Gasteiger partial charge is 0.324 e. The molecule has 2 aromatic carbocycles. The van der Waals surface area contributed by atoms with Gasteiger partial charge in [0, 0.05) is 30.3 Å². The molecule has 1 N–H and O–H groups in total. The minimum atomic E-state index is -0.122. The third kappa shape index (κ3) is 4.67. The van der Waals surface area contributed by atoms with Gasteiger partial charge < -0.3 is 10.2 Å². The number of likely N-dealkylation sites (tertiary alicyclic amines) is 1. The van der Waals surface area contributed by atoms with Crippen molar-refractivity contribution < 1.29 is 9.59 Å². The third-order valence-corrected chi connectivity index (χ3v) is 5.53. The highest BCUT2D eigenvalue weighted by atomic mass is 32.2. The van der Waals surface area contributed by atoms with E-state index in [1.807, 2.05) is 60.9 Å². The summed E-state index contributed by atoms with van der Waals surface area (Å²) in [6, 6.07) is 17.5. The summed E-state index contributed by atoms with van der Waals surface area (Å²) in [6.45, 7) is 1.20. The third-order valence-electron chi connectivity index (χ3n) is 4.73. The molecule has 1 heterocycles. The molecule has 0 saturated carbocycles. The molecule has 1 aliphatic heterocycles. The van der Waals surface area contributed by atoms with Crippen LogP contribution < -0.4 is 5.32 Å². The molecule has 136 valence electrons. The predicted molar refractivity (Wildman–Crippen MR) is 107 cm³/mol. The molecular weight excluding hydrogens is 344 g/mol. The summed E-state index contributed by atoms with van der Waals surface area (Å²) in [4.78, 5) is 28.1. The SMILES string of the molecule is CSc1ccccc1NC(=O)N1CCCC(C(=O)Cc2ccccc2)C1. The van der Waals surface area contributed by atoms with Gasteiger partial charge in [-0.05, 0) is 36.8 Å². The van der Waals surface area contributed by atoms with Gasteiger partial charge in [-0.2, -0.15) is 0 Å². The fraction of sp³-hybridized carbons (Fsp3) is 0.333. The first-order chi connectivity index (χ1) is 12.7. The number of ketones is 1. The molecule has 2 amide bonds. The van der Waals surface area contributed by atoms with Crippen LogP contribution in [0, 0.1) is 5.92 Å². The average molecular weight is 369 g/mol. The van der Waals surface area contributed by atoms with Crippen LogP contribution in [-0.4, -0.2) is 36.1 Å². The first kappa shape index (κ1) is 18.5. The molecule has 1 unspecified atom stereocenters. The van der Waals surface area contributed by atoms with E-state index in [2.05, 4.69) is 5.32 Å². The van der Waals surface area contributed by atoms with Crippen LogP contribution in [0.4, 0.5) is 10.5 Å². The second-order valence-electron chi connectivity index (χ2n) is 6.54. The topological polar surface area (TPSA) is 49.4 Å². The maximum absolute atomic E-state index is 12.7. The molecule has 3 rings (SSSR count). The van der Waals surface area contributed by atoms with Crippen molar-refractivity contribution in [2.24, 2.45) is 5.92 Å². The molecule has 4 nitrogen and oxygen atoms in total. The summed E-state index contributed by atoms with van der Waals surface area (Å²) in [6.07, 6.45) is 4.15. The maximum atomic E-state index is 12.7. The fourth-order valence-electron chi connectivity index (χ4n) is 3.31. The van der Waals surface area contributed by atoms with Crippen LogP contribution in [0.2, 0.25) is 0 Å². The summed E-state index contributed by atoms with van der Waals surface area (Å²) < 4.78 is 0. The van der Waals surface area contributed by atoms with E-state index >= 15 is 0 Å². The van der Waals surface area contributed by atoms with Crippen LogP contribution in [-0.2, 0) is 11.2 Å². The van der Waals surface area contributed by atoms with Crippen molar-refractivity contribution in [3.05, 3.63) is 60.2 Å². The van der Waals surface area contributed by atoms with Gasteiger partial charge in [0.1, 0.15) is 5.78 Å². The van der Waals surface area contributed by atoms with Gasteiger partial charge in [-0.3, -0.25) is 4.79 Å². The number of Topliss-reactive ketones (excluding diaryl/α,β-unsaturated/α-hetero) is 1. The van der Waals surface area contributed by atoms with Crippen molar-refractivity contribution in [2.45, 2.75) is 24.2 Å². The molecule has 26 heavy (non-hydrogen) atoms. The van der Waals surface area contributed by atoms with Crippen LogP contribution in [0.1, 0.15) is 18.4 Å². The number of thioether (sulfide) groups is 1. The summed E-state index contributed by atoms with van der Waals surface area (Å²) in [5, 5.41) is 3.00. The summed E-state index contributed by atoms with van der Waals surface area (Å²) in [7, 11) is 0. The quantitative estimate of drug-likeness (QED) is 0.793. The van der Waals surface area contributed by atoms with Gasteiger partial charge in [0.15, 0.2) is 0 Å². The number of piperidine rings is 1. The van der Waals surface area contributed by atoms with E-state index in [0.29, 0.717) is 19.5 Å². The number of nitrogens with one attached hydrogen (secondary N) is 1. The minimum Gasteiger partial charge on any atom is -0.324 e. The maximum Gasteiger partial charge on any atom is 0.321 e. The lowest BCUT2D eigenvalue weighted by Gasteiger charge is -2.32. The number of para-hydroxylation sites is 1. The highest BCUT2D eigenvalue weighted by Gasteiger charge is 2.28. The Hall–Kier alpha value is -2.27. The summed E-state index contributed by atoms with van der Waals surface area (Å²) in [5.74, 6) is 0.142. The lowest BCUT2D eigenvalue weighted by atomic mass is 9.90. The molecular formula is C21H24N2O2S. The Morgan fingerprint density at radius 3 is 2.62 bits per heavy atom. The zero-order chi connectivity index (χ0) is 18.4. The zero-order valence-electron chi connectivity index (χ0n) is 15.0. The van der Waals surface area contributed by atoms with Gasteiger partial charge in [-0.25, -0.2) is 4.79 Å². The number of nitrogens with zero attached hydrogens (tertiary/aromatic N) is 1. The molecule has 1 aliphatic rings. The lowest BCUT2D eigenvalue weighted by molar-refractivity contribution is -0.123. The Balaban J connectivity index is 1.60. The number of anilines is 1. The molecule has 1 fully saturated rings. The van der Waals surface area contributed by atoms with Gasteiger partial charge in [-0.15, -0.1) is 11.8 Å². The number of rotatable bonds is 5. The summed E-state index contributed by atoms with van der Waals surface area (Å²) >= 11 is 1.60. The predicted octanol–water partition coefficient (Wildman–Crippen LogP) is 4.46. The number of amides is 2. The van der Waals surface area contributed by atoms with E-state index in [9.17, 15) is 9.59 Å². The zero-order valence-corrected chi connectivity index (χ0v) is 15.8. The van der Waals surface area contributed by atoms with Gasteiger partial charge >= 0.3 is 6.03 Å². The van der Waals surface area contributed by atoms with E-state index in [1.165, 1.54) is 0 Å². The van der Waals surface area contributed by atoms with E-state index < -0.39 is 0 Å². The van der Waals surface area contributed by atoms with Gasteiger partial charge in [0.25, 0.3) is 0 Å². The molecule has 0 bridgehead atoms. The Morgan fingerprint density at radius 1 is 1.12 bits per heavy atom. The lowest BCUT2D eigenvalue weighted by Crippen LogP contribution is -2.44. The monoisotopic (exact) mass is 368 g/mol. The number of carbonyl (C=O) groups excluding carboxylic acids is 2. The fourth-order valence-corrected chi connectivity index (χ4v) is 3.86. The van der Waals surface area contributed by atoms with Crippen LogP contribution in [0.3, 0.4) is 0 Å². The van der Waals surface area contributed by atoms with Crippen molar-refractivity contribution in [2.75, 3.05) is 24.7 Å². The molecule has 1 saturated heterocycles. The van der Waals surface area contributed by atoms with E-state index in [4.69, 9.17) is 0 Å². The Kier molecular flexibility index (Phi) is 6.34. The van der Waals surface area contributed by atoms with Crippen molar-refractivity contribution in [3.8, 4) is 0 Å². The molecule has 2 aromatic rings. The van der Waals surface area contributed by atoms with Crippen LogP contribution in [0.5, 0.6) is 0 Å². The van der Waals surface area contributed by atoms with E-state index in [-0.39, 0.29) is 17.7 Å². The molecule has 1 atom stereocenters. The van der Waals surface area contributed by atoms with Crippen LogP contribution in [0.15, 0.2) is 59.5 Å². The second kappa shape index (κ2) is 8.90. The normalized spacial score (nSPS) is 17.0. The van der Waals surface area contributed by atoms with Gasteiger partial charge in [-0.1, -0.05) is 42.5 Å². The van der Waals surface area contributed by atoms with E-state index in [1.54, 1.807) is 16.7 Å². The Bertz CT molecular complexity index is 764. The van der Waals surface area contributed by atoms with Crippen molar-refractivity contribution >= 4 is 29.3 Å². The Morgan fingerprint density at radius 2 is 1.85 bits per heavy atom. The van der Waals surface area contributed by atoms with E-state index in [0.717, 1.165) is 29.0 Å². The van der Waals surface area contributed by atoms with Crippen molar-refractivity contribution in [1.82, 2.24) is 4.90 Å². The first-order valence-electron chi connectivity index (χ1n) is 8.93. The molecule has 0 radical (unpaired) electrons. The number of benzene rings is 2. The van der Waals surface area contributed by atoms with Gasteiger partial charge in [0.05, 0.1) is 5.69 Å². The average Bonchev–Trinajstić information content (AvgIpc) is 2.69. The van der Waals surface area contributed by atoms with Crippen molar-refractivity contribution in [3.63, 3.8) is 0 Å². The number of hydrogen-bond donors (Lipinski definition) is 1. The summed E-state index contributed by atoms with van der Waals surface area (Å²) in [5.41, 5.74) is 1.86. The number of hydrogen-bond acceptors (Lipinski definition) is 3. The van der Waals surface area contributed by atoms with Crippen LogP contribution in [0.25, 0.3) is 0 Å². The first-order valence-corrected chi connectivity index (χ1v) is 10.2. The minimum absolute atomic E-state index is 0.0782. The molecule has 0 spiro atoms. The number of carbonyl (C=O) groups is 2. The highest BCUT2D eigenvalue weighted by Crippen LogP contribution is 2.26. The highest BCUT2D eigenvalue weighted by molar-refractivity contribution is 7.98. The molecule has 5 heteroatoms. The van der Waals surface area contributed by atoms with Crippen molar-refractivity contribution in [1.29, 1.82) is 0 Å². The Labute approximate surface area is 159 Å². The molecule has 0 aromatic heterocycles. The smallest absolute Gasteiger partial charge is 0.321 e. The van der Waals surface area contributed by atoms with Gasteiger partial charge in [0.2, 0.25) is 0 Å². The van der Waals surface area contributed by atoms with Crippen LogP contribution >= 0.6 is 11.8 Å².